The summed E-state index contributed by atoms with van der Waals surface area (Å²) < 4.78 is 29.6. The molecule has 0 aliphatic rings. The Kier molecular flexibility index (Phi) is 4.19. The molecule has 0 bridgehead atoms. The second kappa shape index (κ2) is 4.42. The summed E-state index contributed by atoms with van der Waals surface area (Å²) in [6, 6.07) is 0. The van der Waals surface area contributed by atoms with E-state index in [1.165, 1.54) is 0 Å². The molecule has 0 aromatic rings. The standard InChI is InChI=1S/C6H11O5S/c1-2-3-5(4-6(7)8)12(9,10)11/h2-4H2,1H3,(H,7,8)(H,9,10,11). The Bertz CT molecular complexity index is 243. The highest BCUT2D eigenvalue weighted by Gasteiger charge is 2.25. The summed E-state index contributed by atoms with van der Waals surface area (Å²) in [5, 5.41) is 7.94. The maximum Gasteiger partial charge on any atom is 0.305 e. The Labute approximate surface area is 71.1 Å². The van der Waals surface area contributed by atoms with E-state index in [-0.39, 0.29) is 11.7 Å². The molecular weight excluding hydrogens is 184 g/mol. The number of carboxylic acids is 1. The Morgan fingerprint density at radius 3 is 2.17 bits per heavy atom. The van der Waals surface area contributed by atoms with Gasteiger partial charge >= 0.3 is 5.97 Å². The van der Waals surface area contributed by atoms with Crippen molar-refractivity contribution in [3.63, 3.8) is 0 Å². The molecular formula is C6H11O5S. The van der Waals surface area contributed by atoms with Crippen molar-refractivity contribution in [3.05, 3.63) is 5.25 Å². The van der Waals surface area contributed by atoms with Crippen LogP contribution in [0.25, 0.3) is 0 Å². The Morgan fingerprint density at radius 2 is 1.92 bits per heavy atom. The molecule has 0 atom stereocenters. The quantitative estimate of drug-likeness (QED) is 0.629. The highest BCUT2D eigenvalue weighted by Crippen LogP contribution is 2.19. The lowest BCUT2D eigenvalue weighted by Gasteiger charge is -2.07. The minimum Gasteiger partial charge on any atom is -0.481 e. The van der Waals surface area contributed by atoms with Crippen molar-refractivity contribution >= 4 is 16.1 Å². The van der Waals surface area contributed by atoms with Gasteiger partial charge in [-0.05, 0) is 6.42 Å². The lowest BCUT2D eigenvalue weighted by atomic mass is 10.2. The number of aliphatic carboxylic acids is 1. The van der Waals surface area contributed by atoms with Crippen molar-refractivity contribution < 1.29 is 22.9 Å². The zero-order chi connectivity index (χ0) is 9.78. The second-order valence-electron chi connectivity index (χ2n) is 2.33. The third kappa shape index (κ3) is 4.30. The van der Waals surface area contributed by atoms with Gasteiger partial charge in [0, 0.05) is 0 Å². The van der Waals surface area contributed by atoms with Crippen LogP contribution >= 0.6 is 0 Å². The van der Waals surface area contributed by atoms with E-state index in [9.17, 15) is 13.2 Å². The SMILES string of the molecule is CCC[C](CC(=O)O)S(=O)(=O)O. The Balaban J connectivity index is 4.34. The van der Waals surface area contributed by atoms with Crippen molar-refractivity contribution in [2.24, 2.45) is 0 Å². The third-order valence-corrected chi connectivity index (χ3v) is 2.32. The maximum absolute atomic E-state index is 10.5. The molecule has 0 fully saturated rings. The fourth-order valence-corrected chi connectivity index (χ4v) is 1.52. The molecule has 0 aromatic heterocycles. The molecule has 0 aliphatic carbocycles. The van der Waals surface area contributed by atoms with Crippen molar-refractivity contribution in [2.45, 2.75) is 26.2 Å². The molecule has 0 spiro atoms. The van der Waals surface area contributed by atoms with Gasteiger partial charge in [0.15, 0.2) is 0 Å². The molecule has 0 amide bonds. The van der Waals surface area contributed by atoms with E-state index in [0.29, 0.717) is 6.42 Å². The summed E-state index contributed by atoms with van der Waals surface area (Å²) in [6.07, 6.45) is -0.0415. The summed E-state index contributed by atoms with van der Waals surface area (Å²) in [5.74, 6) is -1.25. The van der Waals surface area contributed by atoms with Gasteiger partial charge in [-0.1, -0.05) is 13.3 Å². The summed E-state index contributed by atoms with van der Waals surface area (Å²) in [6.45, 7) is 1.70. The van der Waals surface area contributed by atoms with Crippen LogP contribution in [-0.4, -0.2) is 24.0 Å². The molecule has 0 saturated carbocycles. The van der Waals surface area contributed by atoms with Crippen LogP contribution in [0.5, 0.6) is 0 Å². The average Bonchev–Trinajstić information content (AvgIpc) is 1.83. The van der Waals surface area contributed by atoms with Crippen LogP contribution in [-0.2, 0) is 14.9 Å². The zero-order valence-corrected chi connectivity index (χ0v) is 7.47. The fourth-order valence-electron chi connectivity index (χ4n) is 0.756. The van der Waals surface area contributed by atoms with E-state index in [4.69, 9.17) is 9.66 Å². The predicted molar refractivity (Wildman–Crippen MR) is 42.0 cm³/mol. The highest BCUT2D eigenvalue weighted by molar-refractivity contribution is 7.88. The van der Waals surface area contributed by atoms with Gasteiger partial charge in [-0.15, -0.1) is 0 Å². The molecule has 0 rings (SSSR count). The van der Waals surface area contributed by atoms with Crippen LogP contribution in [0.4, 0.5) is 0 Å². The topological polar surface area (TPSA) is 91.7 Å². The molecule has 71 valence electrons. The Hall–Kier alpha value is -0.620. The van der Waals surface area contributed by atoms with Crippen molar-refractivity contribution in [1.29, 1.82) is 0 Å². The summed E-state index contributed by atoms with van der Waals surface area (Å²) in [4.78, 5) is 10.1. The largest absolute Gasteiger partial charge is 0.481 e. The molecule has 5 nitrogen and oxygen atoms in total. The minimum absolute atomic E-state index is 0.0884. The number of carbonyl (C=O) groups is 1. The monoisotopic (exact) mass is 195 g/mol. The van der Waals surface area contributed by atoms with Crippen LogP contribution in [0, 0.1) is 5.25 Å². The highest BCUT2D eigenvalue weighted by atomic mass is 32.2. The van der Waals surface area contributed by atoms with Gasteiger partial charge in [-0.25, -0.2) is 0 Å². The molecule has 0 aliphatic heterocycles. The predicted octanol–water partition coefficient (Wildman–Crippen LogP) is 0.681. The van der Waals surface area contributed by atoms with Crippen molar-refractivity contribution in [2.75, 3.05) is 0 Å². The van der Waals surface area contributed by atoms with Gasteiger partial charge < -0.3 is 5.11 Å². The molecule has 1 radical (unpaired) electrons. The van der Waals surface area contributed by atoms with Crippen molar-refractivity contribution in [3.8, 4) is 0 Å². The van der Waals surface area contributed by atoms with E-state index in [0.717, 1.165) is 0 Å². The molecule has 12 heavy (non-hydrogen) atoms. The van der Waals surface area contributed by atoms with Crippen molar-refractivity contribution in [1.82, 2.24) is 0 Å². The van der Waals surface area contributed by atoms with E-state index in [1.807, 2.05) is 0 Å². The molecule has 0 aromatic carbocycles. The first-order chi connectivity index (χ1) is 5.38. The lowest BCUT2D eigenvalue weighted by Crippen LogP contribution is -2.15. The van der Waals surface area contributed by atoms with Gasteiger partial charge in [0.25, 0.3) is 10.1 Å². The van der Waals surface area contributed by atoms with E-state index in [1.54, 1.807) is 6.92 Å². The van der Waals surface area contributed by atoms with Crippen LogP contribution in [0.3, 0.4) is 0 Å². The summed E-state index contributed by atoms with van der Waals surface area (Å²) >= 11 is 0. The van der Waals surface area contributed by atoms with E-state index in [2.05, 4.69) is 0 Å². The van der Waals surface area contributed by atoms with Gasteiger partial charge in [0.2, 0.25) is 0 Å². The molecule has 6 heteroatoms. The summed E-state index contributed by atoms with van der Waals surface area (Å²) in [5.41, 5.74) is 0. The number of hydrogen-bond donors (Lipinski definition) is 2. The van der Waals surface area contributed by atoms with Gasteiger partial charge in [-0.2, -0.15) is 8.42 Å². The first-order valence-electron chi connectivity index (χ1n) is 3.42. The summed E-state index contributed by atoms with van der Waals surface area (Å²) in [7, 11) is -4.29. The zero-order valence-electron chi connectivity index (χ0n) is 6.65. The van der Waals surface area contributed by atoms with Gasteiger partial charge in [-0.3, -0.25) is 9.35 Å². The minimum atomic E-state index is -4.29. The average molecular weight is 195 g/mol. The van der Waals surface area contributed by atoms with Crippen LogP contribution in [0.2, 0.25) is 0 Å². The molecule has 2 N–H and O–H groups in total. The number of carboxylic acid groups (broad SMARTS) is 1. The molecule has 0 saturated heterocycles. The van der Waals surface area contributed by atoms with E-state index >= 15 is 0 Å². The lowest BCUT2D eigenvalue weighted by molar-refractivity contribution is -0.136. The van der Waals surface area contributed by atoms with Crippen LogP contribution < -0.4 is 0 Å². The third-order valence-electron chi connectivity index (χ3n) is 1.24. The smallest absolute Gasteiger partial charge is 0.305 e. The number of rotatable bonds is 5. The first-order valence-corrected chi connectivity index (χ1v) is 4.86. The molecule has 0 heterocycles. The van der Waals surface area contributed by atoms with Crippen LogP contribution in [0.15, 0.2) is 0 Å². The molecule has 0 unspecified atom stereocenters. The van der Waals surface area contributed by atoms with Crippen LogP contribution in [0.1, 0.15) is 26.2 Å². The Morgan fingerprint density at radius 1 is 1.42 bits per heavy atom. The number of hydrogen-bond acceptors (Lipinski definition) is 3. The van der Waals surface area contributed by atoms with E-state index < -0.39 is 22.5 Å². The maximum atomic E-state index is 10.5. The van der Waals surface area contributed by atoms with Gasteiger partial charge in [0.1, 0.15) is 5.25 Å². The second-order valence-corrected chi connectivity index (χ2v) is 3.86. The first kappa shape index (κ1) is 11.4. The van der Waals surface area contributed by atoms with Gasteiger partial charge in [0.05, 0.1) is 6.42 Å². The fraction of sp³-hybridized carbons (Fsp3) is 0.667. The normalized spacial score (nSPS) is 11.9.